The van der Waals surface area contributed by atoms with Crippen molar-refractivity contribution in [1.29, 1.82) is 0 Å². The summed E-state index contributed by atoms with van der Waals surface area (Å²) in [4.78, 5) is 13.5. The van der Waals surface area contributed by atoms with Gasteiger partial charge in [-0.25, -0.2) is 4.39 Å². The van der Waals surface area contributed by atoms with Gasteiger partial charge in [0, 0.05) is 20.1 Å². The van der Waals surface area contributed by atoms with Gasteiger partial charge in [0.1, 0.15) is 0 Å². The number of hydrogen-bond acceptors (Lipinski definition) is 3. The summed E-state index contributed by atoms with van der Waals surface area (Å²) in [6, 6.07) is 3.94. The van der Waals surface area contributed by atoms with E-state index in [0.29, 0.717) is 13.1 Å². The first-order valence-electron chi connectivity index (χ1n) is 5.62. The second-order valence-electron chi connectivity index (χ2n) is 4.31. The van der Waals surface area contributed by atoms with Gasteiger partial charge in [0.05, 0.1) is 22.7 Å². The maximum absolute atomic E-state index is 13.7. The van der Waals surface area contributed by atoms with Crippen molar-refractivity contribution >= 4 is 17.5 Å². The summed E-state index contributed by atoms with van der Waals surface area (Å²) in [5.74, 6) is -1.21. The van der Waals surface area contributed by atoms with Gasteiger partial charge in [0.2, 0.25) is 0 Å². The highest BCUT2D eigenvalue weighted by atomic mass is 35.5. The molecule has 0 saturated carbocycles. The average molecular weight is 273 g/mol. The largest absolute Gasteiger partial charge is 0.390 e. The van der Waals surface area contributed by atoms with E-state index in [1.807, 2.05) is 0 Å². The van der Waals surface area contributed by atoms with Gasteiger partial charge < -0.3 is 15.3 Å². The molecule has 1 amide bonds. The molecule has 0 bridgehead atoms. The van der Waals surface area contributed by atoms with Gasteiger partial charge in [-0.1, -0.05) is 17.7 Å². The summed E-state index contributed by atoms with van der Waals surface area (Å²) in [5, 5.41) is 12.6. The lowest BCUT2D eigenvalue weighted by Crippen LogP contribution is -2.44. The zero-order chi connectivity index (χ0) is 13.3. The highest BCUT2D eigenvalue weighted by Crippen LogP contribution is 2.20. The Bertz CT molecular complexity index is 469. The van der Waals surface area contributed by atoms with E-state index in [-0.39, 0.29) is 16.6 Å². The predicted molar refractivity (Wildman–Crippen MR) is 66.2 cm³/mol. The molecule has 0 unspecified atom stereocenters. The van der Waals surface area contributed by atoms with Crippen molar-refractivity contribution in [3.63, 3.8) is 0 Å². The molecule has 1 aliphatic heterocycles. The minimum atomic E-state index is -0.725. The van der Waals surface area contributed by atoms with Crippen molar-refractivity contribution in [1.82, 2.24) is 10.2 Å². The maximum atomic E-state index is 13.7. The number of amides is 1. The van der Waals surface area contributed by atoms with Crippen molar-refractivity contribution in [2.24, 2.45) is 0 Å². The van der Waals surface area contributed by atoms with E-state index in [2.05, 4.69) is 5.32 Å². The zero-order valence-electron chi connectivity index (χ0n) is 9.86. The molecule has 18 heavy (non-hydrogen) atoms. The van der Waals surface area contributed by atoms with E-state index in [1.54, 1.807) is 7.05 Å². The second kappa shape index (κ2) is 5.22. The molecule has 1 aromatic rings. The Kier molecular flexibility index (Phi) is 3.85. The average Bonchev–Trinajstić information content (AvgIpc) is 2.77. The molecule has 6 heteroatoms. The number of hydrogen-bond donors (Lipinski definition) is 2. The molecule has 1 heterocycles. The monoisotopic (exact) mass is 272 g/mol. The van der Waals surface area contributed by atoms with Crippen molar-refractivity contribution in [3.05, 3.63) is 34.6 Å². The number of nitrogens with one attached hydrogen (secondary N) is 1. The van der Waals surface area contributed by atoms with Crippen LogP contribution in [0.25, 0.3) is 0 Å². The molecule has 1 aromatic carbocycles. The molecule has 98 valence electrons. The number of β-amino-alcohol motifs (C(OH)–C–C–N with tert-alkyl or cyclic N) is 1. The van der Waals surface area contributed by atoms with Crippen LogP contribution in [0.5, 0.6) is 0 Å². The van der Waals surface area contributed by atoms with Gasteiger partial charge in [-0.2, -0.15) is 0 Å². The molecule has 2 rings (SSSR count). The fourth-order valence-corrected chi connectivity index (χ4v) is 2.23. The first kappa shape index (κ1) is 13.3. The lowest BCUT2D eigenvalue weighted by molar-refractivity contribution is 0.0577. The Hall–Kier alpha value is -1.17. The molecule has 0 radical (unpaired) electrons. The number of likely N-dealkylation sites (N-methyl/N-ethyl adjacent to an activating group) is 1. The molecule has 1 fully saturated rings. The predicted octanol–water partition coefficient (Wildman–Crippen LogP) is 0.884. The number of halogens is 2. The van der Waals surface area contributed by atoms with Crippen molar-refractivity contribution in [2.75, 3.05) is 20.1 Å². The zero-order valence-corrected chi connectivity index (χ0v) is 10.6. The summed E-state index contributed by atoms with van der Waals surface area (Å²) in [6.45, 7) is 0.923. The van der Waals surface area contributed by atoms with Crippen LogP contribution in [0.2, 0.25) is 5.02 Å². The first-order valence-corrected chi connectivity index (χ1v) is 6.00. The summed E-state index contributed by atoms with van der Waals surface area (Å²) >= 11 is 5.64. The van der Waals surface area contributed by atoms with Gasteiger partial charge >= 0.3 is 0 Å². The number of rotatable bonds is 2. The summed E-state index contributed by atoms with van der Waals surface area (Å²) in [6.07, 6.45) is -0.638. The topological polar surface area (TPSA) is 52.6 Å². The molecule has 0 spiro atoms. The number of carbonyl (C=O) groups excluding carboxylic acids is 1. The third-order valence-electron chi connectivity index (χ3n) is 3.15. The number of nitrogens with zero attached hydrogens (tertiary/aromatic N) is 1. The first-order chi connectivity index (χ1) is 8.52. The van der Waals surface area contributed by atoms with E-state index in [0.717, 1.165) is 0 Å². The molecule has 0 aromatic heterocycles. The third-order valence-corrected chi connectivity index (χ3v) is 3.44. The molecular formula is C12H14ClFN2O2. The van der Waals surface area contributed by atoms with Gasteiger partial charge in [-0.15, -0.1) is 0 Å². The van der Waals surface area contributed by atoms with Crippen molar-refractivity contribution in [3.8, 4) is 0 Å². The van der Waals surface area contributed by atoms with E-state index >= 15 is 0 Å². The van der Waals surface area contributed by atoms with Crippen LogP contribution in [0.1, 0.15) is 10.4 Å². The molecule has 1 saturated heterocycles. The second-order valence-corrected chi connectivity index (χ2v) is 4.72. The molecule has 1 aliphatic rings. The Balaban J connectivity index is 2.23. The van der Waals surface area contributed by atoms with Crippen LogP contribution >= 0.6 is 11.6 Å². The molecule has 0 aliphatic carbocycles. The number of benzene rings is 1. The smallest absolute Gasteiger partial charge is 0.257 e. The third kappa shape index (κ3) is 2.34. The van der Waals surface area contributed by atoms with Crippen LogP contribution in [-0.4, -0.2) is 48.2 Å². The molecular weight excluding hydrogens is 259 g/mol. The SMILES string of the molecule is CN(C(=O)c1cccc(Cl)c1F)[C@H]1CNC[C@@H]1O. The number of aliphatic hydroxyl groups excluding tert-OH is 1. The van der Waals surface area contributed by atoms with Crippen LogP contribution < -0.4 is 5.32 Å². The lowest BCUT2D eigenvalue weighted by atomic mass is 10.1. The van der Waals surface area contributed by atoms with Crippen molar-refractivity contribution < 1.29 is 14.3 Å². The van der Waals surface area contributed by atoms with Gasteiger partial charge in [0.25, 0.3) is 5.91 Å². The maximum Gasteiger partial charge on any atom is 0.257 e. The van der Waals surface area contributed by atoms with E-state index in [9.17, 15) is 14.3 Å². The van der Waals surface area contributed by atoms with Crippen LogP contribution in [0.4, 0.5) is 4.39 Å². The van der Waals surface area contributed by atoms with Gasteiger partial charge in [-0.05, 0) is 12.1 Å². The quantitative estimate of drug-likeness (QED) is 0.841. The Labute approximate surface area is 109 Å². The Morgan fingerprint density at radius 3 is 2.89 bits per heavy atom. The molecule has 4 nitrogen and oxygen atoms in total. The van der Waals surface area contributed by atoms with E-state index in [4.69, 9.17) is 11.6 Å². The van der Waals surface area contributed by atoms with E-state index in [1.165, 1.54) is 23.1 Å². The normalized spacial score (nSPS) is 23.1. The van der Waals surface area contributed by atoms with Crippen LogP contribution in [0, 0.1) is 5.82 Å². The summed E-state index contributed by atoms with van der Waals surface area (Å²) < 4.78 is 13.7. The van der Waals surface area contributed by atoms with Crippen LogP contribution in [0.3, 0.4) is 0 Å². The standard InChI is InChI=1S/C12H14ClFN2O2/c1-16(9-5-15-6-10(9)17)12(18)7-3-2-4-8(13)11(7)14/h2-4,9-10,15,17H,5-6H2,1H3/t9-,10-/m0/s1. The summed E-state index contributed by atoms with van der Waals surface area (Å²) in [7, 11) is 1.55. The van der Waals surface area contributed by atoms with Gasteiger partial charge in [0.15, 0.2) is 5.82 Å². The highest BCUT2D eigenvalue weighted by molar-refractivity contribution is 6.31. The lowest BCUT2D eigenvalue weighted by Gasteiger charge is -2.26. The molecule has 2 N–H and O–H groups in total. The van der Waals surface area contributed by atoms with Crippen LogP contribution in [0.15, 0.2) is 18.2 Å². The van der Waals surface area contributed by atoms with Crippen molar-refractivity contribution in [2.45, 2.75) is 12.1 Å². The summed E-state index contributed by atoms with van der Waals surface area (Å²) in [5.41, 5.74) is -0.0795. The Morgan fingerprint density at radius 1 is 1.56 bits per heavy atom. The fraction of sp³-hybridized carbons (Fsp3) is 0.417. The minimum Gasteiger partial charge on any atom is -0.390 e. The van der Waals surface area contributed by atoms with E-state index < -0.39 is 17.8 Å². The highest BCUT2D eigenvalue weighted by Gasteiger charge is 2.32. The Morgan fingerprint density at radius 2 is 2.28 bits per heavy atom. The minimum absolute atomic E-state index is 0.0795. The molecule has 2 atom stereocenters. The number of aliphatic hydroxyl groups is 1. The number of carbonyl (C=O) groups is 1. The van der Waals surface area contributed by atoms with Crippen LogP contribution in [-0.2, 0) is 0 Å². The fourth-order valence-electron chi connectivity index (χ4n) is 2.06. The van der Waals surface area contributed by atoms with Gasteiger partial charge in [-0.3, -0.25) is 4.79 Å².